The second-order valence-electron chi connectivity index (χ2n) is 8.21. The first-order chi connectivity index (χ1) is 12.5. The Morgan fingerprint density at radius 1 is 1.19 bits per heavy atom. The van der Waals surface area contributed by atoms with Crippen molar-refractivity contribution in [1.29, 1.82) is 0 Å². The normalized spacial score (nSPS) is 28.9. The van der Waals surface area contributed by atoms with Crippen molar-refractivity contribution in [2.45, 2.75) is 45.1 Å². The first-order valence-electron chi connectivity index (χ1n) is 9.81. The SMILES string of the molecule is CC(=O)N1CCCCC1c1ccc(C(=O)N2CCC3(CCOC3)C2)n1C. The molecule has 3 aliphatic heterocycles. The van der Waals surface area contributed by atoms with Crippen LogP contribution in [-0.4, -0.2) is 59.0 Å². The topological polar surface area (TPSA) is 54.8 Å². The lowest BCUT2D eigenvalue weighted by Gasteiger charge is -2.35. The van der Waals surface area contributed by atoms with Gasteiger partial charge < -0.3 is 19.1 Å². The minimum Gasteiger partial charge on any atom is -0.381 e. The molecule has 1 aromatic heterocycles. The fourth-order valence-corrected chi connectivity index (χ4v) is 4.93. The lowest BCUT2D eigenvalue weighted by atomic mass is 9.87. The van der Waals surface area contributed by atoms with Crippen LogP contribution in [0.25, 0.3) is 0 Å². The molecule has 4 rings (SSSR count). The van der Waals surface area contributed by atoms with Gasteiger partial charge in [-0.2, -0.15) is 0 Å². The third kappa shape index (κ3) is 2.94. The molecule has 1 spiro atoms. The highest BCUT2D eigenvalue weighted by molar-refractivity contribution is 5.93. The number of likely N-dealkylation sites (tertiary alicyclic amines) is 2. The maximum Gasteiger partial charge on any atom is 0.270 e. The van der Waals surface area contributed by atoms with E-state index < -0.39 is 0 Å². The molecule has 0 bridgehead atoms. The second kappa shape index (κ2) is 6.72. The molecule has 3 saturated heterocycles. The smallest absolute Gasteiger partial charge is 0.270 e. The number of hydrogen-bond acceptors (Lipinski definition) is 3. The van der Waals surface area contributed by atoms with Gasteiger partial charge in [-0.05, 0) is 44.2 Å². The van der Waals surface area contributed by atoms with Gasteiger partial charge in [0, 0.05) is 51.3 Å². The average Bonchev–Trinajstić information content (AvgIpc) is 3.36. The molecule has 3 fully saturated rings. The monoisotopic (exact) mass is 359 g/mol. The van der Waals surface area contributed by atoms with Gasteiger partial charge in [-0.1, -0.05) is 0 Å². The molecule has 2 unspecified atom stereocenters. The minimum atomic E-state index is 0.0842. The number of piperidine rings is 1. The van der Waals surface area contributed by atoms with Gasteiger partial charge in [-0.15, -0.1) is 0 Å². The fourth-order valence-electron chi connectivity index (χ4n) is 4.93. The highest BCUT2D eigenvalue weighted by atomic mass is 16.5. The van der Waals surface area contributed by atoms with Gasteiger partial charge in [0.25, 0.3) is 5.91 Å². The number of hydrogen-bond donors (Lipinski definition) is 0. The quantitative estimate of drug-likeness (QED) is 0.814. The highest BCUT2D eigenvalue weighted by Crippen LogP contribution is 2.39. The van der Waals surface area contributed by atoms with Gasteiger partial charge >= 0.3 is 0 Å². The van der Waals surface area contributed by atoms with E-state index in [2.05, 4.69) is 0 Å². The summed E-state index contributed by atoms with van der Waals surface area (Å²) in [4.78, 5) is 29.1. The van der Waals surface area contributed by atoms with Crippen LogP contribution in [0.3, 0.4) is 0 Å². The molecule has 0 saturated carbocycles. The summed E-state index contributed by atoms with van der Waals surface area (Å²) in [6, 6.07) is 4.05. The molecule has 1 aromatic rings. The number of aromatic nitrogens is 1. The van der Waals surface area contributed by atoms with Gasteiger partial charge in [0.15, 0.2) is 0 Å². The average molecular weight is 359 g/mol. The summed E-state index contributed by atoms with van der Waals surface area (Å²) in [5.41, 5.74) is 1.98. The first kappa shape index (κ1) is 17.6. The van der Waals surface area contributed by atoms with E-state index in [4.69, 9.17) is 4.74 Å². The van der Waals surface area contributed by atoms with E-state index in [0.717, 1.165) is 76.3 Å². The molecule has 0 radical (unpaired) electrons. The molecule has 26 heavy (non-hydrogen) atoms. The van der Waals surface area contributed by atoms with E-state index in [0.29, 0.717) is 0 Å². The zero-order chi connectivity index (χ0) is 18.3. The van der Waals surface area contributed by atoms with Crippen molar-refractivity contribution in [1.82, 2.24) is 14.4 Å². The van der Waals surface area contributed by atoms with Gasteiger partial charge in [0.1, 0.15) is 5.69 Å². The van der Waals surface area contributed by atoms with Gasteiger partial charge in [0.05, 0.1) is 12.6 Å². The van der Waals surface area contributed by atoms with Crippen LogP contribution in [0.1, 0.15) is 61.3 Å². The van der Waals surface area contributed by atoms with E-state index in [1.165, 1.54) is 0 Å². The van der Waals surface area contributed by atoms with E-state index in [9.17, 15) is 9.59 Å². The van der Waals surface area contributed by atoms with Crippen LogP contribution < -0.4 is 0 Å². The molecular formula is C20H29N3O3. The Balaban J connectivity index is 1.53. The predicted octanol–water partition coefficient (Wildman–Crippen LogP) is 2.35. The Morgan fingerprint density at radius 3 is 2.77 bits per heavy atom. The molecule has 6 heteroatoms. The lowest BCUT2D eigenvalue weighted by molar-refractivity contribution is -0.132. The van der Waals surface area contributed by atoms with Crippen molar-refractivity contribution in [3.05, 3.63) is 23.5 Å². The standard InChI is InChI=1S/C20H29N3O3/c1-15(24)23-10-4-3-5-17(23)16-6-7-18(21(16)2)19(25)22-11-8-20(13-22)9-12-26-14-20/h6-7,17H,3-5,8-14H2,1-2H3. The van der Waals surface area contributed by atoms with Gasteiger partial charge in [-0.3, -0.25) is 9.59 Å². The third-order valence-electron chi connectivity index (χ3n) is 6.54. The fraction of sp³-hybridized carbons (Fsp3) is 0.700. The number of carbonyl (C=O) groups excluding carboxylic acids is 2. The van der Waals surface area contributed by atoms with E-state index >= 15 is 0 Å². The van der Waals surface area contributed by atoms with Crippen LogP contribution in [0.2, 0.25) is 0 Å². The Hall–Kier alpha value is -1.82. The summed E-state index contributed by atoms with van der Waals surface area (Å²) in [5, 5.41) is 0. The summed E-state index contributed by atoms with van der Waals surface area (Å²) >= 11 is 0. The molecule has 6 nitrogen and oxygen atoms in total. The van der Waals surface area contributed by atoms with Crippen molar-refractivity contribution in [2.24, 2.45) is 12.5 Å². The zero-order valence-electron chi connectivity index (χ0n) is 15.9. The second-order valence-corrected chi connectivity index (χ2v) is 8.21. The van der Waals surface area contributed by atoms with E-state index in [1.807, 2.05) is 33.5 Å². The van der Waals surface area contributed by atoms with Crippen LogP contribution in [0, 0.1) is 5.41 Å². The highest BCUT2D eigenvalue weighted by Gasteiger charge is 2.43. The van der Waals surface area contributed by atoms with E-state index in [-0.39, 0.29) is 23.3 Å². The maximum absolute atomic E-state index is 13.1. The number of rotatable bonds is 2. The van der Waals surface area contributed by atoms with Crippen molar-refractivity contribution >= 4 is 11.8 Å². The molecule has 4 heterocycles. The Morgan fingerprint density at radius 2 is 2.04 bits per heavy atom. The molecule has 2 atom stereocenters. The Bertz CT molecular complexity index is 705. The molecule has 2 amide bonds. The van der Waals surface area contributed by atoms with Crippen LogP contribution in [0.5, 0.6) is 0 Å². The zero-order valence-corrected chi connectivity index (χ0v) is 15.9. The van der Waals surface area contributed by atoms with Crippen molar-refractivity contribution < 1.29 is 14.3 Å². The Kier molecular flexibility index (Phi) is 4.55. The van der Waals surface area contributed by atoms with Crippen molar-refractivity contribution in [2.75, 3.05) is 32.8 Å². The molecule has 3 aliphatic rings. The first-order valence-corrected chi connectivity index (χ1v) is 9.81. The summed E-state index contributed by atoms with van der Waals surface area (Å²) in [7, 11) is 1.96. The van der Waals surface area contributed by atoms with Crippen LogP contribution >= 0.6 is 0 Å². The third-order valence-corrected chi connectivity index (χ3v) is 6.54. The summed E-state index contributed by atoms with van der Waals surface area (Å²) in [5.74, 6) is 0.221. The van der Waals surface area contributed by atoms with Crippen molar-refractivity contribution in [3.8, 4) is 0 Å². The molecule has 0 N–H and O–H groups in total. The molecule has 0 aliphatic carbocycles. The number of amides is 2. The van der Waals surface area contributed by atoms with Crippen LogP contribution in [0.4, 0.5) is 0 Å². The summed E-state index contributed by atoms with van der Waals surface area (Å²) in [6.07, 6.45) is 5.25. The summed E-state index contributed by atoms with van der Waals surface area (Å²) in [6.45, 7) is 5.66. The maximum atomic E-state index is 13.1. The molecule has 142 valence electrons. The largest absolute Gasteiger partial charge is 0.381 e. The predicted molar refractivity (Wildman–Crippen MR) is 97.8 cm³/mol. The van der Waals surface area contributed by atoms with Crippen LogP contribution in [0.15, 0.2) is 12.1 Å². The number of carbonyl (C=O) groups is 2. The van der Waals surface area contributed by atoms with E-state index in [1.54, 1.807) is 6.92 Å². The Labute approximate surface area is 155 Å². The number of ether oxygens (including phenoxy) is 1. The van der Waals surface area contributed by atoms with Gasteiger partial charge in [-0.25, -0.2) is 0 Å². The molecular weight excluding hydrogens is 330 g/mol. The van der Waals surface area contributed by atoms with Crippen LogP contribution in [-0.2, 0) is 16.6 Å². The summed E-state index contributed by atoms with van der Waals surface area (Å²) < 4.78 is 7.58. The van der Waals surface area contributed by atoms with Gasteiger partial charge in [0.2, 0.25) is 5.91 Å². The minimum absolute atomic E-state index is 0.0842. The van der Waals surface area contributed by atoms with Crippen molar-refractivity contribution in [3.63, 3.8) is 0 Å². The lowest BCUT2D eigenvalue weighted by Crippen LogP contribution is -2.38. The number of nitrogens with zero attached hydrogens (tertiary/aromatic N) is 3. The molecule has 0 aromatic carbocycles.